The van der Waals surface area contributed by atoms with Crippen LogP contribution in [0.25, 0.3) is 0 Å². The summed E-state index contributed by atoms with van der Waals surface area (Å²) in [5.74, 6) is 0.133. The van der Waals surface area contributed by atoms with Gasteiger partial charge in [-0.1, -0.05) is 12.1 Å². The summed E-state index contributed by atoms with van der Waals surface area (Å²) in [4.78, 5) is 12.4. The fourth-order valence-electron chi connectivity index (χ4n) is 2.84. The molecular formula is C20H25N3O2. The molecule has 2 aromatic rings. The number of carbonyl (C=O) groups excluding carboxylic acids is 1. The molecule has 0 aliphatic heterocycles. The number of hydrogen-bond acceptors (Lipinski definition) is 4. The zero-order chi connectivity index (χ0) is 18.2. The number of ketones is 1. The van der Waals surface area contributed by atoms with Crippen LogP contribution in [0.3, 0.4) is 0 Å². The lowest BCUT2D eigenvalue weighted by Crippen LogP contribution is -2.25. The van der Waals surface area contributed by atoms with Crippen LogP contribution in [0.5, 0.6) is 0 Å². The standard InChI is InChI=1S/C20H25N3O2/c1-23-18(10-9-17(22)14-24)11-12-19(23)20(25)4-2-3-15-5-7-16(13-21)8-6-15/h5-8,11-12,17,24H,2-4,9-10,14,22H2,1H3. The van der Waals surface area contributed by atoms with Gasteiger partial charge in [-0.25, -0.2) is 0 Å². The van der Waals surface area contributed by atoms with E-state index in [9.17, 15) is 4.79 Å². The van der Waals surface area contributed by atoms with E-state index in [1.54, 1.807) is 12.1 Å². The SMILES string of the molecule is Cn1c(CCC(N)CO)ccc1C(=O)CCCc1ccc(C#N)cc1. The van der Waals surface area contributed by atoms with Crippen molar-refractivity contribution in [1.29, 1.82) is 5.26 Å². The molecule has 5 nitrogen and oxygen atoms in total. The lowest BCUT2D eigenvalue weighted by atomic mass is 10.0. The van der Waals surface area contributed by atoms with Crippen molar-refractivity contribution in [2.45, 2.75) is 38.1 Å². The van der Waals surface area contributed by atoms with Crippen LogP contribution in [0.1, 0.15) is 46.6 Å². The molecule has 0 spiro atoms. The van der Waals surface area contributed by atoms with Gasteiger partial charge in [0.2, 0.25) is 0 Å². The molecule has 0 saturated heterocycles. The van der Waals surface area contributed by atoms with Crippen LogP contribution in [0.15, 0.2) is 36.4 Å². The molecular weight excluding hydrogens is 314 g/mol. The minimum atomic E-state index is -0.221. The number of rotatable bonds is 9. The second kappa shape index (κ2) is 9.16. The fraction of sp³-hybridized carbons (Fsp3) is 0.400. The summed E-state index contributed by atoms with van der Waals surface area (Å²) in [7, 11) is 1.90. The first-order chi connectivity index (χ1) is 12.0. The molecule has 2 rings (SSSR count). The molecule has 5 heteroatoms. The maximum atomic E-state index is 12.4. The fourth-order valence-corrected chi connectivity index (χ4v) is 2.84. The summed E-state index contributed by atoms with van der Waals surface area (Å²) in [6, 6.07) is 13.2. The van der Waals surface area contributed by atoms with Crippen molar-refractivity contribution < 1.29 is 9.90 Å². The summed E-state index contributed by atoms with van der Waals surface area (Å²) in [6.07, 6.45) is 3.53. The summed E-state index contributed by atoms with van der Waals surface area (Å²) >= 11 is 0. The first-order valence-electron chi connectivity index (χ1n) is 8.58. The van der Waals surface area contributed by atoms with Crippen molar-refractivity contribution in [3.8, 4) is 6.07 Å². The van der Waals surface area contributed by atoms with Gasteiger partial charge in [-0.2, -0.15) is 5.26 Å². The summed E-state index contributed by atoms with van der Waals surface area (Å²) in [5.41, 5.74) is 9.29. The highest BCUT2D eigenvalue weighted by Gasteiger charge is 2.13. The van der Waals surface area contributed by atoms with Crippen LogP contribution in [-0.2, 0) is 19.9 Å². The second-order valence-electron chi connectivity index (χ2n) is 6.34. The van der Waals surface area contributed by atoms with E-state index >= 15 is 0 Å². The largest absolute Gasteiger partial charge is 0.395 e. The number of hydrogen-bond donors (Lipinski definition) is 2. The quantitative estimate of drug-likeness (QED) is 0.686. The molecule has 25 heavy (non-hydrogen) atoms. The number of aromatic nitrogens is 1. The molecule has 132 valence electrons. The average Bonchev–Trinajstić information content (AvgIpc) is 3.00. The van der Waals surface area contributed by atoms with Crippen molar-refractivity contribution >= 4 is 5.78 Å². The number of nitriles is 1. The summed E-state index contributed by atoms with van der Waals surface area (Å²) in [5, 5.41) is 17.8. The van der Waals surface area contributed by atoms with Gasteiger partial charge in [0.05, 0.1) is 23.9 Å². The zero-order valence-corrected chi connectivity index (χ0v) is 14.6. The lowest BCUT2D eigenvalue weighted by Gasteiger charge is -2.10. The van der Waals surface area contributed by atoms with Gasteiger partial charge in [-0.05, 0) is 55.5 Å². The van der Waals surface area contributed by atoms with Crippen LogP contribution >= 0.6 is 0 Å². The van der Waals surface area contributed by atoms with Gasteiger partial charge in [0, 0.05) is 25.2 Å². The Kier molecular flexibility index (Phi) is 6.93. The predicted molar refractivity (Wildman–Crippen MR) is 97.2 cm³/mol. The van der Waals surface area contributed by atoms with E-state index in [-0.39, 0.29) is 18.4 Å². The molecule has 3 N–H and O–H groups in total. The van der Waals surface area contributed by atoms with E-state index < -0.39 is 0 Å². The second-order valence-corrected chi connectivity index (χ2v) is 6.34. The zero-order valence-electron chi connectivity index (χ0n) is 14.6. The Morgan fingerprint density at radius 2 is 1.96 bits per heavy atom. The van der Waals surface area contributed by atoms with Crippen LogP contribution in [-0.4, -0.2) is 28.1 Å². The molecule has 1 heterocycles. The predicted octanol–water partition coefficient (Wildman–Crippen LogP) is 2.35. The van der Waals surface area contributed by atoms with Gasteiger partial charge >= 0.3 is 0 Å². The lowest BCUT2D eigenvalue weighted by molar-refractivity contribution is 0.0972. The smallest absolute Gasteiger partial charge is 0.179 e. The van der Waals surface area contributed by atoms with Crippen molar-refractivity contribution in [3.05, 3.63) is 58.9 Å². The maximum Gasteiger partial charge on any atom is 0.179 e. The maximum absolute atomic E-state index is 12.4. The molecule has 1 atom stereocenters. The number of benzene rings is 1. The average molecular weight is 339 g/mol. The Balaban J connectivity index is 1.86. The van der Waals surface area contributed by atoms with Crippen LogP contribution in [0, 0.1) is 11.3 Å². The summed E-state index contributed by atoms with van der Waals surface area (Å²) in [6.45, 7) is -0.0223. The monoisotopic (exact) mass is 339 g/mol. The Morgan fingerprint density at radius 3 is 2.60 bits per heavy atom. The first-order valence-corrected chi connectivity index (χ1v) is 8.58. The van der Waals surface area contributed by atoms with Crippen LogP contribution < -0.4 is 5.73 Å². The topological polar surface area (TPSA) is 92.0 Å². The molecule has 0 bridgehead atoms. The molecule has 0 radical (unpaired) electrons. The number of nitrogens with zero attached hydrogens (tertiary/aromatic N) is 2. The normalized spacial score (nSPS) is 11.9. The van der Waals surface area contributed by atoms with Gasteiger partial charge in [-0.3, -0.25) is 4.79 Å². The van der Waals surface area contributed by atoms with Gasteiger partial charge in [0.25, 0.3) is 0 Å². The molecule has 1 aromatic carbocycles. The van der Waals surface area contributed by atoms with E-state index in [0.29, 0.717) is 24.1 Å². The molecule has 0 fully saturated rings. The Morgan fingerprint density at radius 1 is 1.24 bits per heavy atom. The Hall–Kier alpha value is -2.42. The highest BCUT2D eigenvalue weighted by Crippen LogP contribution is 2.14. The third kappa shape index (κ3) is 5.28. The third-order valence-corrected chi connectivity index (χ3v) is 4.47. The molecule has 0 aliphatic carbocycles. The third-order valence-electron chi connectivity index (χ3n) is 4.47. The van der Waals surface area contributed by atoms with Gasteiger partial charge in [0.1, 0.15) is 0 Å². The molecule has 0 aliphatic rings. The number of aliphatic hydroxyl groups is 1. The van der Waals surface area contributed by atoms with Gasteiger partial charge in [0.15, 0.2) is 5.78 Å². The minimum absolute atomic E-state index is 0.0223. The van der Waals surface area contributed by atoms with Gasteiger partial charge in [-0.15, -0.1) is 0 Å². The minimum Gasteiger partial charge on any atom is -0.395 e. The van der Waals surface area contributed by atoms with E-state index in [0.717, 1.165) is 30.5 Å². The highest BCUT2D eigenvalue weighted by atomic mass is 16.3. The number of aryl methyl sites for hydroxylation is 2. The van der Waals surface area contributed by atoms with Crippen molar-refractivity contribution in [2.24, 2.45) is 12.8 Å². The molecule has 0 saturated carbocycles. The molecule has 1 aromatic heterocycles. The number of nitrogens with two attached hydrogens (primary N) is 1. The van der Waals surface area contributed by atoms with Gasteiger partial charge < -0.3 is 15.4 Å². The van der Waals surface area contributed by atoms with Crippen LogP contribution in [0.2, 0.25) is 0 Å². The molecule has 0 amide bonds. The Bertz CT molecular complexity index is 741. The summed E-state index contributed by atoms with van der Waals surface area (Å²) < 4.78 is 1.92. The number of aliphatic hydroxyl groups excluding tert-OH is 1. The highest BCUT2D eigenvalue weighted by molar-refractivity contribution is 5.94. The van der Waals surface area contributed by atoms with Crippen molar-refractivity contribution in [3.63, 3.8) is 0 Å². The van der Waals surface area contributed by atoms with E-state index in [4.69, 9.17) is 16.1 Å². The number of carbonyl (C=O) groups is 1. The first kappa shape index (κ1) is 18.9. The van der Waals surface area contributed by atoms with E-state index in [2.05, 4.69) is 6.07 Å². The van der Waals surface area contributed by atoms with E-state index in [1.165, 1.54) is 0 Å². The van der Waals surface area contributed by atoms with E-state index in [1.807, 2.05) is 35.9 Å². The number of Topliss-reactive ketones (excluding diaryl/α,β-unsaturated/α-hetero) is 1. The van der Waals surface area contributed by atoms with Crippen molar-refractivity contribution in [2.75, 3.05) is 6.61 Å². The van der Waals surface area contributed by atoms with Crippen LogP contribution in [0.4, 0.5) is 0 Å². The van der Waals surface area contributed by atoms with Crippen molar-refractivity contribution in [1.82, 2.24) is 4.57 Å². The molecule has 1 unspecified atom stereocenters. The Labute approximate surface area is 148 Å².